The quantitative estimate of drug-likeness (QED) is 0.901. The summed E-state index contributed by atoms with van der Waals surface area (Å²) in [5.74, 6) is 0. The second-order valence-corrected chi connectivity index (χ2v) is 6.09. The number of ether oxygens (including phenoxy) is 1. The fourth-order valence-electron chi connectivity index (χ4n) is 2.80. The molecule has 3 atom stereocenters. The van der Waals surface area contributed by atoms with Gasteiger partial charge in [0.15, 0.2) is 12.3 Å². The highest BCUT2D eigenvalue weighted by atomic mass is 19.1. The van der Waals surface area contributed by atoms with Crippen molar-refractivity contribution in [2.75, 3.05) is 11.4 Å². The molecule has 0 aliphatic carbocycles. The third kappa shape index (κ3) is 2.84. The first-order chi connectivity index (χ1) is 9.30. The third-order valence-electron chi connectivity index (χ3n) is 3.49. The Morgan fingerprint density at radius 1 is 1.55 bits per heavy atom. The Bertz CT molecular complexity index is 475. The molecule has 6 heteroatoms. The molecule has 1 saturated heterocycles. The topological polar surface area (TPSA) is 68.5 Å². The molecule has 0 saturated carbocycles. The number of alkyl halides is 1. The Morgan fingerprint density at radius 3 is 2.75 bits per heavy atom. The van der Waals surface area contributed by atoms with E-state index in [1.54, 1.807) is 18.5 Å². The number of hydrogen-bond acceptors (Lipinski definition) is 4. The Labute approximate surface area is 117 Å². The van der Waals surface area contributed by atoms with E-state index in [1.807, 2.05) is 31.7 Å². The second kappa shape index (κ2) is 5.26. The molecule has 1 aliphatic rings. The van der Waals surface area contributed by atoms with Gasteiger partial charge in [0.25, 0.3) is 0 Å². The fraction of sp³-hybridized carbons (Fsp3) is 0.571. The summed E-state index contributed by atoms with van der Waals surface area (Å²) in [4.78, 5) is 17.0. The average molecular weight is 281 g/mol. The number of aromatic nitrogens is 1. The lowest BCUT2D eigenvalue weighted by atomic mass is 9.83. The first-order valence-electron chi connectivity index (χ1n) is 6.57. The van der Waals surface area contributed by atoms with Gasteiger partial charge in [0.2, 0.25) is 0 Å². The molecule has 1 amide bonds. The monoisotopic (exact) mass is 281 g/mol. The van der Waals surface area contributed by atoms with Crippen LogP contribution >= 0.6 is 0 Å². The van der Waals surface area contributed by atoms with E-state index >= 15 is 0 Å². The van der Waals surface area contributed by atoms with E-state index in [9.17, 15) is 9.18 Å². The number of rotatable bonds is 2. The number of carbonyl (C=O) groups is 1. The summed E-state index contributed by atoms with van der Waals surface area (Å²) < 4.78 is 19.3. The van der Waals surface area contributed by atoms with E-state index in [0.717, 1.165) is 5.69 Å². The summed E-state index contributed by atoms with van der Waals surface area (Å²) in [7, 11) is 0. The van der Waals surface area contributed by atoms with Gasteiger partial charge in [-0.3, -0.25) is 4.98 Å². The number of nitrogens with two attached hydrogens (primary N) is 1. The zero-order valence-electron chi connectivity index (χ0n) is 11.9. The molecule has 2 heterocycles. The second-order valence-electron chi connectivity index (χ2n) is 6.09. The van der Waals surface area contributed by atoms with Crippen LogP contribution in [0.2, 0.25) is 0 Å². The molecule has 1 aromatic rings. The van der Waals surface area contributed by atoms with Crippen molar-refractivity contribution in [1.82, 2.24) is 4.98 Å². The van der Waals surface area contributed by atoms with Crippen molar-refractivity contribution in [2.24, 2.45) is 11.1 Å². The molecule has 1 fully saturated rings. The number of amides is 1. The minimum atomic E-state index is -1.27. The number of primary amides is 1. The van der Waals surface area contributed by atoms with Crippen LogP contribution in [0.25, 0.3) is 0 Å². The molecule has 0 spiro atoms. The van der Waals surface area contributed by atoms with Crippen LogP contribution in [0, 0.1) is 5.41 Å². The molecule has 20 heavy (non-hydrogen) atoms. The Morgan fingerprint density at radius 2 is 2.25 bits per heavy atom. The van der Waals surface area contributed by atoms with Crippen LogP contribution in [0.15, 0.2) is 24.5 Å². The first kappa shape index (κ1) is 14.6. The largest absolute Gasteiger partial charge is 0.441 e. The van der Waals surface area contributed by atoms with Crippen LogP contribution < -0.4 is 10.6 Å². The van der Waals surface area contributed by atoms with Crippen LogP contribution in [0.1, 0.15) is 20.8 Å². The lowest BCUT2D eigenvalue weighted by Gasteiger charge is -2.38. The molecule has 110 valence electrons. The van der Waals surface area contributed by atoms with Crippen molar-refractivity contribution in [3.8, 4) is 0 Å². The van der Waals surface area contributed by atoms with E-state index in [4.69, 9.17) is 10.5 Å². The van der Waals surface area contributed by atoms with Gasteiger partial charge in [0, 0.05) is 6.20 Å². The van der Waals surface area contributed by atoms with Crippen molar-refractivity contribution < 1.29 is 13.9 Å². The predicted molar refractivity (Wildman–Crippen MR) is 74.2 cm³/mol. The minimum Gasteiger partial charge on any atom is -0.441 e. The minimum absolute atomic E-state index is 0.158. The van der Waals surface area contributed by atoms with Crippen molar-refractivity contribution in [2.45, 2.75) is 39.1 Å². The molecule has 2 rings (SSSR count). The highest BCUT2D eigenvalue weighted by molar-refractivity contribution is 5.65. The third-order valence-corrected chi connectivity index (χ3v) is 3.49. The number of halogens is 1. The number of carbonyl (C=O) groups excluding carboxylic acids is 1. The van der Waals surface area contributed by atoms with Gasteiger partial charge in [-0.25, -0.2) is 9.18 Å². The van der Waals surface area contributed by atoms with Crippen molar-refractivity contribution >= 4 is 11.8 Å². The molecule has 5 nitrogen and oxygen atoms in total. The Balaban J connectivity index is 2.35. The van der Waals surface area contributed by atoms with Gasteiger partial charge < -0.3 is 15.4 Å². The summed E-state index contributed by atoms with van der Waals surface area (Å²) in [5, 5.41) is 0. The first-order valence-corrected chi connectivity index (χ1v) is 6.57. The highest BCUT2D eigenvalue weighted by Crippen LogP contribution is 2.38. The lowest BCUT2D eigenvalue weighted by Crippen LogP contribution is -2.48. The molecule has 2 N–H and O–H groups in total. The number of hydrogen-bond donors (Lipinski definition) is 1. The summed E-state index contributed by atoms with van der Waals surface area (Å²) in [6.07, 6.45) is 0.258. The van der Waals surface area contributed by atoms with Gasteiger partial charge in [-0.15, -0.1) is 0 Å². The predicted octanol–water partition coefficient (Wildman–Crippen LogP) is 2.12. The van der Waals surface area contributed by atoms with E-state index in [0.29, 0.717) is 0 Å². The number of nitrogens with zero attached hydrogens (tertiary/aromatic N) is 2. The van der Waals surface area contributed by atoms with Gasteiger partial charge in [0.05, 0.1) is 24.5 Å². The van der Waals surface area contributed by atoms with E-state index in [2.05, 4.69) is 4.98 Å². The van der Waals surface area contributed by atoms with Crippen LogP contribution in [-0.4, -0.2) is 35.9 Å². The molecule has 1 aromatic heterocycles. The molecular formula is C14H20FN3O2. The summed E-state index contributed by atoms with van der Waals surface area (Å²) in [6.45, 7) is 6.11. The normalized spacial score (nSPS) is 26.6. The fourth-order valence-corrected chi connectivity index (χ4v) is 2.80. The van der Waals surface area contributed by atoms with Crippen LogP contribution in [0.4, 0.5) is 14.9 Å². The number of anilines is 1. The van der Waals surface area contributed by atoms with Crippen molar-refractivity contribution in [3.63, 3.8) is 0 Å². The summed E-state index contributed by atoms with van der Waals surface area (Å²) in [5.41, 5.74) is 5.60. The standard InChI is InChI=1S/C14H20FN3O2/c1-14(2,3)12-11(20-13(16)19)10(15)8-18(12)9-5-4-6-17-7-9/h4-7,10-12H,8H2,1-3H3,(H2,16,19)/t10-,11+,12?/m0/s1. The van der Waals surface area contributed by atoms with Crippen LogP contribution in [-0.2, 0) is 4.74 Å². The highest BCUT2D eigenvalue weighted by Gasteiger charge is 2.50. The molecule has 1 aliphatic heterocycles. The summed E-state index contributed by atoms with van der Waals surface area (Å²) in [6, 6.07) is 3.37. The van der Waals surface area contributed by atoms with Gasteiger partial charge >= 0.3 is 6.09 Å². The molecule has 0 radical (unpaired) electrons. The molecule has 0 aromatic carbocycles. The SMILES string of the molecule is CC(C)(C)C1[C@H](OC(N)=O)[C@@H](F)CN1c1cccnc1. The maximum Gasteiger partial charge on any atom is 0.404 e. The average Bonchev–Trinajstić information content (AvgIpc) is 2.67. The van der Waals surface area contributed by atoms with Crippen LogP contribution in [0.5, 0.6) is 0 Å². The Hall–Kier alpha value is -1.85. The lowest BCUT2D eigenvalue weighted by molar-refractivity contribution is 0.0389. The smallest absolute Gasteiger partial charge is 0.404 e. The van der Waals surface area contributed by atoms with Gasteiger partial charge in [-0.1, -0.05) is 20.8 Å². The van der Waals surface area contributed by atoms with E-state index < -0.39 is 18.4 Å². The van der Waals surface area contributed by atoms with Gasteiger partial charge in [0.1, 0.15) is 0 Å². The van der Waals surface area contributed by atoms with Gasteiger partial charge in [-0.2, -0.15) is 0 Å². The maximum atomic E-state index is 14.3. The molecular weight excluding hydrogens is 261 g/mol. The molecule has 1 unspecified atom stereocenters. The summed E-state index contributed by atoms with van der Waals surface area (Å²) >= 11 is 0. The van der Waals surface area contributed by atoms with Crippen molar-refractivity contribution in [1.29, 1.82) is 0 Å². The molecule has 0 bridgehead atoms. The van der Waals surface area contributed by atoms with Gasteiger partial charge in [-0.05, 0) is 17.5 Å². The zero-order valence-corrected chi connectivity index (χ0v) is 11.9. The number of pyridine rings is 1. The Kier molecular flexibility index (Phi) is 3.83. The van der Waals surface area contributed by atoms with Crippen LogP contribution in [0.3, 0.4) is 0 Å². The maximum absolute atomic E-state index is 14.3. The van der Waals surface area contributed by atoms with E-state index in [1.165, 1.54) is 0 Å². The van der Waals surface area contributed by atoms with E-state index in [-0.39, 0.29) is 18.0 Å². The zero-order chi connectivity index (χ0) is 14.9. The van der Waals surface area contributed by atoms with Crippen molar-refractivity contribution in [3.05, 3.63) is 24.5 Å².